The highest BCUT2D eigenvalue weighted by Crippen LogP contribution is 2.25. The van der Waals surface area contributed by atoms with Gasteiger partial charge in [0.25, 0.3) is 0 Å². The van der Waals surface area contributed by atoms with Crippen LogP contribution in [0.15, 0.2) is 41.8 Å². The van der Waals surface area contributed by atoms with Crippen LogP contribution in [-0.4, -0.2) is 58.6 Å². The third-order valence-electron chi connectivity index (χ3n) is 4.56. The molecule has 0 unspecified atom stereocenters. The molecule has 0 spiro atoms. The number of fused-ring (bicyclic) bond motifs is 1. The number of nitrogens with one attached hydrogen (secondary N) is 1. The molecule has 0 saturated carbocycles. The van der Waals surface area contributed by atoms with Crippen molar-refractivity contribution in [3.63, 3.8) is 0 Å². The van der Waals surface area contributed by atoms with E-state index in [9.17, 15) is 4.79 Å². The fraction of sp³-hybridized carbons (Fsp3) is 0.389. The highest BCUT2D eigenvalue weighted by Gasteiger charge is 2.24. The Kier molecular flexibility index (Phi) is 5.24. The summed E-state index contributed by atoms with van der Waals surface area (Å²) in [5, 5.41) is 13.3. The highest BCUT2D eigenvalue weighted by atomic mass is 32.1. The van der Waals surface area contributed by atoms with Gasteiger partial charge in [-0.05, 0) is 23.6 Å². The van der Waals surface area contributed by atoms with Gasteiger partial charge in [0.1, 0.15) is 12.1 Å². The minimum Gasteiger partial charge on any atom is -0.379 e. The van der Waals surface area contributed by atoms with E-state index in [0.717, 1.165) is 37.3 Å². The molecule has 0 radical (unpaired) electrons. The maximum atomic E-state index is 12.5. The van der Waals surface area contributed by atoms with Crippen LogP contribution in [0.5, 0.6) is 0 Å². The SMILES string of the molecule is O=C(Cn1nnc2ccccc21)NC[C@H](c1cccs1)N1CCOCC1. The molecule has 1 atom stereocenters. The Morgan fingerprint density at radius 3 is 2.88 bits per heavy atom. The number of morpholine rings is 1. The van der Waals surface area contributed by atoms with Gasteiger partial charge in [-0.1, -0.05) is 23.4 Å². The molecule has 26 heavy (non-hydrogen) atoms. The number of amides is 1. The normalized spacial score (nSPS) is 16.6. The summed E-state index contributed by atoms with van der Waals surface area (Å²) in [6.45, 7) is 3.98. The predicted molar refractivity (Wildman–Crippen MR) is 100.0 cm³/mol. The number of para-hydroxylation sites is 1. The van der Waals surface area contributed by atoms with E-state index in [-0.39, 0.29) is 18.5 Å². The van der Waals surface area contributed by atoms with Gasteiger partial charge in [-0.15, -0.1) is 16.4 Å². The van der Waals surface area contributed by atoms with Gasteiger partial charge in [0.2, 0.25) is 5.91 Å². The van der Waals surface area contributed by atoms with Crippen molar-refractivity contribution in [2.75, 3.05) is 32.8 Å². The summed E-state index contributed by atoms with van der Waals surface area (Å²) in [7, 11) is 0. The second-order valence-corrected chi connectivity index (χ2v) is 7.20. The average Bonchev–Trinajstić information content (AvgIpc) is 3.34. The van der Waals surface area contributed by atoms with Crippen LogP contribution in [0.25, 0.3) is 11.0 Å². The number of ether oxygens (including phenoxy) is 1. The molecule has 1 saturated heterocycles. The van der Waals surface area contributed by atoms with E-state index in [2.05, 4.69) is 38.0 Å². The molecule has 1 aliphatic rings. The number of aromatic nitrogens is 3. The first-order chi connectivity index (χ1) is 12.8. The monoisotopic (exact) mass is 371 g/mol. The van der Waals surface area contributed by atoms with Crippen LogP contribution in [-0.2, 0) is 16.1 Å². The molecule has 2 aromatic heterocycles. The number of carbonyl (C=O) groups is 1. The van der Waals surface area contributed by atoms with Gasteiger partial charge in [-0.3, -0.25) is 9.69 Å². The molecule has 1 aromatic carbocycles. The van der Waals surface area contributed by atoms with Crippen molar-refractivity contribution in [1.29, 1.82) is 0 Å². The van der Waals surface area contributed by atoms with Gasteiger partial charge in [0.15, 0.2) is 0 Å². The van der Waals surface area contributed by atoms with Crippen molar-refractivity contribution in [1.82, 2.24) is 25.2 Å². The van der Waals surface area contributed by atoms with E-state index >= 15 is 0 Å². The Labute approximate surface area is 155 Å². The van der Waals surface area contributed by atoms with E-state index in [0.29, 0.717) is 6.54 Å². The average molecular weight is 371 g/mol. The van der Waals surface area contributed by atoms with Crippen LogP contribution < -0.4 is 5.32 Å². The Balaban J connectivity index is 1.41. The number of hydrogen-bond acceptors (Lipinski definition) is 6. The van der Waals surface area contributed by atoms with Crippen LogP contribution in [0.2, 0.25) is 0 Å². The van der Waals surface area contributed by atoms with Crippen molar-refractivity contribution in [2.45, 2.75) is 12.6 Å². The summed E-state index contributed by atoms with van der Waals surface area (Å²) < 4.78 is 7.10. The Hall–Kier alpha value is -2.29. The van der Waals surface area contributed by atoms with E-state index in [4.69, 9.17) is 4.74 Å². The fourth-order valence-corrected chi connectivity index (χ4v) is 4.08. The van der Waals surface area contributed by atoms with Crippen molar-refractivity contribution < 1.29 is 9.53 Å². The first-order valence-electron chi connectivity index (χ1n) is 8.71. The standard InChI is InChI=1S/C18H21N5O2S/c24-18(13-23-15-5-2-1-4-14(15)20-21-23)19-12-16(17-6-3-11-26-17)22-7-9-25-10-8-22/h1-6,11,16H,7-10,12-13H2,(H,19,24)/t16-/m1/s1. The molecule has 136 valence electrons. The lowest BCUT2D eigenvalue weighted by molar-refractivity contribution is -0.122. The molecule has 4 rings (SSSR count). The van der Waals surface area contributed by atoms with Gasteiger partial charge >= 0.3 is 0 Å². The van der Waals surface area contributed by atoms with Gasteiger partial charge in [-0.2, -0.15) is 0 Å². The molecule has 3 heterocycles. The molecule has 0 bridgehead atoms. The van der Waals surface area contributed by atoms with E-state index in [1.165, 1.54) is 4.88 Å². The molecular formula is C18H21N5O2S. The first-order valence-corrected chi connectivity index (χ1v) is 9.59. The molecule has 1 amide bonds. The molecule has 1 aliphatic heterocycles. The van der Waals surface area contributed by atoms with E-state index in [1.54, 1.807) is 16.0 Å². The number of hydrogen-bond donors (Lipinski definition) is 1. The lowest BCUT2D eigenvalue weighted by atomic mass is 10.2. The smallest absolute Gasteiger partial charge is 0.241 e. The lowest BCUT2D eigenvalue weighted by Gasteiger charge is -2.34. The maximum Gasteiger partial charge on any atom is 0.241 e. The zero-order chi connectivity index (χ0) is 17.8. The molecule has 1 fully saturated rings. The molecular weight excluding hydrogens is 350 g/mol. The summed E-state index contributed by atoms with van der Waals surface area (Å²) in [5.41, 5.74) is 1.66. The summed E-state index contributed by atoms with van der Waals surface area (Å²) in [6.07, 6.45) is 0. The molecule has 0 aliphatic carbocycles. The topological polar surface area (TPSA) is 72.3 Å². The summed E-state index contributed by atoms with van der Waals surface area (Å²) in [4.78, 5) is 16.1. The number of nitrogens with zero attached hydrogens (tertiary/aromatic N) is 4. The zero-order valence-corrected chi connectivity index (χ0v) is 15.2. The molecule has 8 heteroatoms. The van der Waals surface area contributed by atoms with E-state index < -0.39 is 0 Å². The Bertz CT molecular complexity index is 857. The van der Waals surface area contributed by atoms with Crippen molar-refractivity contribution in [2.24, 2.45) is 0 Å². The van der Waals surface area contributed by atoms with Crippen LogP contribution in [0.1, 0.15) is 10.9 Å². The van der Waals surface area contributed by atoms with E-state index in [1.807, 2.05) is 24.3 Å². The van der Waals surface area contributed by atoms with Gasteiger partial charge < -0.3 is 10.1 Å². The van der Waals surface area contributed by atoms with Gasteiger partial charge in [-0.25, -0.2) is 4.68 Å². The van der Waals surface area contributed by atoms with Crippen LogP contribution in [0, 0.1) is 0 Å². The van der Waals surface area contributed by atoms with Crippen LogP contribution >= 0.6 is 11.3 Å². The lowest BCUT2D eigenvalue weighted by Crippen LogP contribution is -2.44. The number of carbonyl (C=O) groups excluding carboxylic acids is 1. The van der Waals surface area contributed by atoms with Crippen molar-refractivity contribution in [3.05, 3.63) is 46.7 Å². The number of rotatable bonds is 6. The quantitative estimate of drug-likeness (QED) is 0.714. The van der Waals surface area contributed by atoms with Gasteiger partial charge in [0.05, 0.1) is 24.8 Å². The van der Waals surface area contributed by atoms with Crippen LogP contribution in [0.4, 0.5) is 0 Å². The zero-order valence-electron chi connectivity index (χ0n) is 14.4. The number of thiophene rings is 1. The number of benzene rings is 1. The predicted octanol–water partition coefficient (Wildman–Crippen LogP) is 1.68. The fourth-order valence-electron chi connectivity index (χ4n) is 3.22. The minimum atomic E-state index is -0.0598. The van der Waals surface area contributed by atoms with Crippen LogP contribution in [0.3, 0.4) is 0 Å². The third-order valence-corrected chi connectivity index (χ3v) is 5.54. The maximum absolute atomic E-state index is 12.5. The first kappa shape index (κ1) is 17.1. The van der Waals surface area contributed by atoms with Crippen molar-refractivity contribution >= 4 is 28.3 Å². The molecule has 3 aromatic rings. The molecule has 7 nitrogen and oxygen atoms in total. The van der Waals surface area contributed by atoms with Gasteiger partial charge in [0, 0.05) is 24.5 Å². The molecule has 1 N–H and O–H groups in total. The Morgan fingerprint density at radius 1 is 1.23 bits per heavy atom. The minimum absolute atomic E-state index is 0.0598. The largest absolute Gasteiger partial charge is 0.379 e. The third kappa shape index (κ3) is 3.77. The highest BCUT2D eigenvalue weighted by molar-refractivity contribution is 7.10. The summed E-state index contributed by atoms with van der Waals surface area (Å²) in [5.74, 6) is -0.0598. The second kappa shape index (κ2) is 7.94. The van der Waals surface area contributed by atoms with Crippen molar-refractivity contribution in [3.8, 4) is 0 Å². The summed E-state index contributed by atoms with van der Waals surface area (Å²) >= 11 is 1.72. The Morgan fingerprint density at radius 2 is 2.08 bits per heavy atom. The summed E-state index contributed by atoms with van der Waals surface area (Å²) in [6, 6.07) is 12.0. The second-order valence-electron chi connectivity index (χ2n) is 6.22.